The molecule has 0 aromatic heterocycles. The van der Waals surface area contributed by atoms with E-state index in [0.717, 1.165) is 5.56 Å². The molecule has 0 spiro atoms. The number of rotatable bonds is 4. The van der Waals surface area contributed by atoms with Crippen molar-refractivity contribution >= 4 is 23.8 Å². The first-order valence-corrected chi connectivity index (χ1v) is 9.47. The Bertz CT molecular complexity index is 812. The number of benzene rings is 1. The second-order valence-corrected chi connectivity index (χ2v) is 7.85. The summed E-state index contributed by atoms with van der Waals surface area (Å²) in [6, 6.07) is 6.90. The summed E-state index contributed by atoms with van der Waals surface area (Å²) >= 11 is 0. The van der Waals surface area contributed by atoms with E-state index in [1.54, 1.807) is 24.8 Å². The van der Waals surface area contributed by atoms with Crippen LogP contribution in [0.1, 0.15) is 42.6 Å². The molecule has 1 aromatic rings. The summed E-state index contributed by atoms with van der Waals surface area (Å²) in [6.07, 6.45) is 1.30. The molecule has 8 heteroatoms. The van der Waals surface area contributed by atoms with Crippen molar-refractivity contribution in [2.75, 3.05) is 19.6 Å². The minimum Gasteiger partial charge on any atom is -0.349 e. The normalized spacial score (nSPS) is 19.5. The van der Waals surface area contributed by atoms with Gasteiger partial charge in [0.05, 0.1) is 0 Å². The number of piperidine rings is 1. The van der Waals surface area contributed by atoms with Crippen molar-refractivity contribution in [1.82, 2.24) is 20.4 Å². The summed E-state index contributed by atoms with van der Waals surface area (Å²) < 4.78 is 0. The van der Waals surface area contributed by atoms with Gasteiger partial charge in [-0.05, 0) is 45.2 Å². The van der Waals surface area contributed by atoms with E-state index in [9.17, 15) is 19.2 Å². The fourth-order valence-corrected chi connectivity index (χ4v) is 3.56. The predicted octanol–water partition coefficient (Wildman–Crippen LogP) is 1.05. The standard InChI is InChI=1S/C20H26N4O4/c1-13-6-4-5-7-15(13)17(26)21-14-8-10-23(11-9-14)16(25)12-24-19(28)22-18(27)20(24,2)3/h4-7,14H,8-12H2,1-3H3,(H,21,26)(H,22,27,28). The first kappa shape index (κ1) is 19.9. The smallest absolute Gasteiger partial charge is 0.325 e. The molecule has 2 aliphatic heterocycles. The van der Waals surface area contributed by atoms with Crippen molar-refractivity contribution in [3.63, 3.8) is 0 Å². The third-order valence-corrected chi connectivity index (χ3v) is 5.56. The zero-order chi connectivity index (χ0) is 20.5. The summed E-state index contributed by atoms with van der Waals surface area (Å²) in [4.78, 5) is 51.7. The quantitative estimate of drug-likeness (QED) is 0.756. The lowest BCUT2D eigenvalue weighted by Gasteiger charge is -2.35. The fraction of sp³-hybridized carbons (Fsp3) is 0.500. The van der Waals surface area contributed by atoms with Gasteiger partial charge in [-0.15, -0.1) is 0 Å². The average molecular weight is 386 g/mol. The van der Waals surface area contributed by atoms with Crippen LogP contribution in [0.2, 0.25) is 0 Å². The molecule has 1 aromatic carbocycles. The largest absolute Gasteiger partial charge is 0.349 e. The molecule has 0 aliphatic carbocycles. The summed E-state index contributed by atoms with van der Waals surface area (Å²) in [7, 11) is 0. The van der Waals surface area contributed by atoms with Gasteiger partial charge in [0.1, 0.15) is 12.1 Å². The Morgan fingerprint density at radius 1 is 1.18 bits per heavy atom. The van der Waals surface area contributed by atoms with Gasteiger partial charge in [0.25, 0.3) is 11.8 Å². The molecule has 0 radical (unpaired) electrons. The van der Waals surface area contributed by atoms with Gasteiger partial charge in [-0.3, -0.25) is 19.7 Å². The highest BCUT2D eigenvalue weighted by molar-refractivity contribution is 6.07. The molecule has 5 amide bonds. The van der Waals surface area contributed by atoms with E-state index in [0.29, 0.717) is 31.5 Å². The number of nitrogens with zero attached hydrogens (tertiary/aromatic N) is 2. The number of amides is 5. The molecule has 8 nitrogen and oxygen atoms in total. The van der Waals surface area contributed by atoms with Gasteiger partial charge in [-0.1, -0.05) is 18.2 Å². The Hall–Kier alpha value is -2.90. The molecule has 150 valence electrons. The number of imide groups is 1. The summed E-state index contributed by atoms with van der Waals surface area (Å²) in [5, 5.41) is 5.28. The van der Waals surface area contributed by atoms with Crippen molar-refractivity contribution in [1.29, 1.82) is 0 Å². The van der Waals surface area contributed by atoms with Crippen LogP contribution in [0.3, 0.4) is 0 Å². The van der Waals surface area contributed by atoms with E-state index < -0.39 is 17.5 Å². The Morgan fingerprint density at radius 3 is 2.39 bits per heavy atom. The number of carbonyl (C=O) groups is 4. The van der Waals surface area contributed by atoms with Crippen molar-refractivity contribution in [2.24, 2.45) is 0 Å². The van der Waals surface area contributed by atoms with E-state index in [4.69, 9.17) is 0 Å². The van der Waals surface area contributed by atoms with Gasteiger partial charge < -0.3 is 15.1 Å². The summed E-state index contributed by atoms with van der Waals surface area (Å²) in [5.41, 5.74) is 0.550. The predicted molar refractivity (Wildman–Crippen MR) is 103 cm³/mol. The van der Waals surface area contributed by atoms with E-state index in [1.165, 1.54) is 4.90 Å². The zero-order valence-corrected chi connectivity index (χ0v) is 16.4. The summed E-state index contributed by atoms with van der Waals surface area (Å²) in [5.74, 6) is -0.693. The lowest BCUT2D eigenvalue weighted by Crippen LogP contribution is -2.52. The van der Waals surface area contributed by atoms with Gasteiger partial charge in [-0.2, -0.15) is 0 Å². The number of aryl methyl sites for hydroxylation is 1. The Morgan fingerprint density at radius 2 is 1.82 bits per heavy atom. The van der Waals surface area contributed by atoms with E-state index in [-0.39, 0.29) is 24.4 Å². The van der Waals surface area contributed by atoms with Crippen LogP contribution in [-0.2, 0) is 9.59 Å². The third kappa shape index (κ3) is 3.85. The molecular formula is C20H26N4O4. The topological polar surface area (TPSA) is 98.8 Å². The van der Waals surface area contributed by atoms with Crippen LogP contribution in [0.15, 0.2) is 24.3 Å². The molecule has 2 saturated heterocycles. The molecule has 0 unspecified atom stereocenters. The highest BCUT2D eigenvalue weighted by Gasteiger charge is 2.46. The van der Waals surface area contributed by atoms with E-state index in [1.807, 2.05) is 25.1 Å². The van der Waals surface area contributed by atoms with Gasteiger partial charge in [-0.25, -0.2) is 4.79 Å². The monoisotopic (exact) mass is 386 g/mol. The number of hydrogen-bond acceptors (Lipinski definition) is 4. The number of nitrogens with one attached hydrogen (secondary N) is 2. The molecule has 2 heterocycles. The number of urea groups is 1. The molecular weight excluding hydrogens is 360 g/mol. The molecule has 2 N–H and O–H groups in total. The Kier molecular flexibility index (Phi) is 5.40. The van der Waals surface area contributed by atoms with Crippen LogP contribution >= 0.6 is 0 Å². The van der Waals surface area contributed by atoms with Crippen LogP contribution in [0, 0.1) is 6.92 Å². The maximum absolute atomic E-state index is 12.6. The fourth-order valence-electron chi connectivity index (χ4n) is 3.56. The van der Waals surface area contributed by atoms with Gasteiger partial charge >= 0.3 is 6.03 Å². The van der Waals surface area contributed by atoms with E-state index in [2.05, 4.69) is 10.6 Å². The van der Waals surface area contributed by atoms with Crippen molar-refractivity contribution in [2.45, 2.75) is 45.2 Å². The lowest BCUT2D eigenvalue weighted by molar-refractivity contribution is -0.134. The second kappa shape index (κ2) is 7.61. The highest BCUT2D eigenvalue weighted by Crippen LogP contribution is 2.21. The molecule has 2 aliphatic rings. The first-order valence-electron chi connectivity index (χ1n) is 9.47. The van der Waals surface area contributed by atoms with Crippen LogP contribution in [0.4, 0.5) is 4.79 Å². The second-order valence-electron chi connectivity index (χ2n) is 7.85. The zero-order valence-electron chi connectivity index (χ0n) is 16.4. The van der Waals surface area contributed by atoms with Gasteiger partial charge in [0, 0.05) is 24.7 Å². The molecule has 0 saturated carbocycles. The highest BCUT2D eigenvalue weighted by atomic mass is 16.2. The minimum atomic E-state index is -1.04. The minimum absolute atomic E-state index is 0.00394. The van der Waals surface area contributed by atoms with Crippen molar-refractivity contribution in [3.05, 3.63) is 35.4 Å². The Labute approximate surface area is 164 Å². The van der Waals surface area contributed by atoms with Crippen LogP contribution < -0.4 is 10.6 Å². The Balaban J connectivity index is 1.52. The first-order chi connectivity index (χ1) is 13.2. The molecule has 3 rings (SSSR count). The van der Waals surface area contributed by atoms with Crippen LogP contribution in [0.5, 0.6) is 0 Å². The molecule has 2 fully saturated rings. The van der Waals surface area contributed by atoms with Crippen molar-refractivity contribution < 1.29 is 19.2 Å². The van der Waals surface area contributed by atoms with Crippen LogP contribution in [0.25, 0.3) is 0 Å². The molecule has 0 bridgehead atoms. The van der Waals surface area contributed by atoms with Gasteiger partial charge in [0.2, 0.25) is 5.91 Å². The SMILES string of the molecule is Cc1ccccc1C(=O)NC1CCN(C(=O)CN2C(=O)NC(=O)C2(C)C)CC1. The maximum Gasteiger partial charge on any atom is 0.325 e. The van der Waals surface area contributed by atoms with E-state index >= 15 is 0 Å². The number of likely N-dealkylation sites (tertiary alicyclic amines) is 1. The van der Waals surface area contributed by atoms with Crippen LogP contribution in [-0.4, -0.2) is 64.8 Å². The number of carbonyl (C=O) groups excluding carboxylic acids is 4. The average Bonchev–Trinajstić information content (AvgIpc) is 2.84. The number of hydrogen-bond donors (Lipinski definition) is 2. The molecule has 28 heavy (non-hydrogen) atoms. The van der Waals surface area contributed by atoms with Crippen molar-refractivity contribution in [3.8, 4) is 0 Å². The summed E-state index contributed by atoms with van der Waals surface area (Å²) in [6.45, 7) is 6.01. The molecule has 0 atom stereocenters. The lowest BCUT2D eigenvalue weighted by atomic mass is 10.0. The van der Waals surface area contributed by atoms with Gasteiger partial charge in [0.15, 0.2) is 0 Å². The third-order valence-electron chi connectivity index (χ3n) is 5.56. The maximum atomic E-state index is 12.6.